The maximum atomic E-state index is 5.60. The molecule has 0 radical (unpaired) electrons. The maximum absolute atomic E-state index is 5.60. The normalized spacial score (nSPS) is 23.2. The highest BCUT2D eigenvalue weighted by Crippen LogP contribution is 2.27. The summed E-state index contributed by atoms with van der Waals surface area (Å²) in [4.78, 5) is 3.09. The topological polar surface area (TPSA) is 51.0 Å². The zero-order valence-electron chi connectivity index (χ0n) is 7.05. The highest BCUT2D eigenvalue weighted by Gasteiger charge is 2.20. The molecule has 66 valence electrons. The van der Waals surface area contributed by atoms with Crippen LogP contribution in [0.3, 0.4) is 0 Å². The zero-order chi connectivity index (χ0) is 8.39. The summed E-state index contributed by atoms with van der Waals surface area (Å²) in [5, 5.41) is 0. The maximum Gasteiger partial charge on any atom is 0.0536 e. The molecule has 0 aromatic carbocycles. The summed E-state index contributed by atoms with van der Waals surface area (Å²) in [5.41, 5.74) is 8.17. The highest BCUT2D eigenvalue weighted by atomic mass is 16.5. The van der Waals surface area contributed by atoms with Crippen LogP contribution >= 0.6 is 0 Å². The monoisotopic (exact) mass is 166 g/mol. The highest BCUT2D eigenvalue weighted by molar-refractivity contribution is 5.27. The van der Waals surface area contributed by atoms with Crippen LogP contribution in [0.4, 0.5) is 0 Å². The van der Waals surface area contributed by atoms with E-state index in [1.165, 1.54) is 11.1 Å². The van der Waals surface area contributed by atoms with Crippen molar-refractivity contribution in [2.24, 2.45) is 5.73 Å². The second-order valence-corrected chi connectivity index (χ2v) is 3.20. The van der Waals surface area contributed by atoms with Crippen LogP contribution < -0.4 is 5.73 Å². The number of nitrogens with one attached hydrogen (secondary N) is 1. The molecule has 3 heteroatoms. The Hall–Kier alpha value is -0.800. The second-order valence-electron chi connectivity index (χ2n) is 3.20. The molecule has 1 atom stereocenters. The van der Waals surface area contributed by atoms with E-state index in [9.17, 15) is 0 Å². The molecule has 1 aromatic rings. The SMILES string of the molecule is NCc1c[nH]cc1C1CCOC1. The van der Waals surface area contributed by atoms with Crippen molar-refractivity contribution in [3.05, 3.63) is 23.5 Å². The minimum atomic E-state index is 0.565. The van der Waals surface area contributed by atoms with Gasteiger partial charge >= 0.3 is 0 Å². The Morgan fingerprint density at radius 1 is 1.58 bits per heavy atom. The van der Waals surface area contributed by atoms with Crippen molar-refractivity contribution < 1.29 is 4.74 Å². The lowest BCUT2D eigenvalue weighted by Crippen LogP contribution is -2.03. The molecule has 3 N–H and O–H groups in total. The van der Waals surface area contributed by atoms with Gasteiger partial charge in [-0.2, -0.15) is 0 Å². The van der Waals surface area contributed by atoms with Gasteiger partial charge in [0, 0.05) is 31.5 Å². The first-order valence-electron chi connectivity index (χ1n) is 4.35. The molecule has 0 amide bonds. The van der Waals surface area contributed by atoms with Gasteiger partial charge in [-0.3, -0.25) is 0 Å². The Balaban J connectivity index is 2.19. The summed E-state index contributed by atoms with van der Waals surface area (Å²) in [5.74, 6) is 0.565. The molecule has 2 heterocycles. The van der Waals surface area contributed by atoms with Crippen LogP contribution in [0.15, 0.2) is 12.4 Å². The van der Waals surface area contributed by atoms with E-state index >= 15 is 0 Å². The number of rotatable bonds is 2. The van der Waals surface area contributed by atoms with Crippen molar-refractivity contribution in [3.8, 4) is 0 Å². The van der Waals surface area contributed by atoms with E-state index in [-0.39, 0.29) is 0 Å². The molecular weight excluding hydrogens is 152 g/mol. The molecule has 0 bridgehead atoms. The fourth-order valence-electron chi connectivity index (χ4n) is 1.74. The number of ether oxygens (including phenoxy) is 1. The van der Waals surface area contributed by atoms with E-state index in [2.05, 4.69) is 4.98 Å². The predicted molar refractivity (Wildman–Crippen MR) is 46.9 cm³/mol. The Labute approximate surface area is 71.9 Å². The molecule has 1 saturated heterocycles. The Kier molecular flexibility index (Phi) is 2.15. The van der Waals surface area contributed by atoms with Gasteiger partial charge in [0.1, 0.15) is 0 Å². The first kappa shape index (κ1) is 7.83. The number of hydrogen-bond acceptors (Lipinski definition) is 2. The van der Waals surface area contributed by atoms with Gasteiger partial charge in [0.2, 0.25) is 0 Å². The number of aromatic amines is 1. The van der Waals surface area contributed by atoms with Crippen LogP contribution in [0.5, 0.6) is 0 Å². The second kappa shape index (κ2) is 3.29. The van der Waals surface area contributed by atoms with Crippen LogP contribution in [0, 0.1) is 0 Å². The van der Waals surface area contributed by atoms with Crippen LogP contribution in [-0.2, 0) is 11.3 Å². The van der Waals surface area contributed by atoms with Crippen molar-refractivity contribution in [1.82, 2.24) is 4.98 Å². The van der Waals surface area contributed by atoms with Crippen molar-refractivity contribution in [1.29, 1.82) is 0 Å². The van der Waals surface area contributed by atoms with Crippen molar-refractivity contribution in [3.63, 3.8) is 0 Å². The van der Waals surface area contributed by atoms with E-state index in [1.807, 2.05) is 12.4 Å². The van der Waals surface area contributed by atoms with Crippen LogP contribution in [0.25, 0.3) is 0 Å². The van der Waals surface area contributed by atoms with Gasteiger partial charge in [-0.15, -0.1) is 0 Å². The van der Waals surface area contributed by atoms with E-state index in [0.29, 0.717) is 12.5 Å². The smallest absolute Gasteiger partial charge is 0.0536 e. The van der Waals surface area contributed by atoms with Crippen LogP contribution in [-0.4, -0.2) is 18.2 Å². The Morgan fingerprint density at radius 3 is 3.17 bits per heavy atom. The van der Waals surface area contributed by atoms with Gasteiger partial charge in [0.25, 0.3) is 0 Å². The molecule has 0 saturated carbocycles. The minimum absolute atomic E-state index is 0.565. The first-order chi connectivity index (χ1) is 5.92. The molecule has 1 aliphatic heterocycles. The molecule has 1 aliphatic rings. The molecule has 0 spiro atoms. The molecule has 3 nitrogen and oxygen atoms in total. The summed E-state index contributed by atoms with van der Waals surface area (Å²) in [7, 11) is 0. The fourth-order valence-corrected chi connectivity index (χ4v) is 1.74. The number of nitrogens with two attached hydrogens (primary N) is 1. The van der Waals surface area contributed by atoms with E-state index in [1.54, 1.807) is 0 Å². The van der Waals surface area contributed by atoms with E-state index < -0.39 is 0 Å². The lowest BCUT2D eigenvalue weighted by Gasteiger charge is -2.06. The average Bonchev–Trinajstić information content (AvgIpc) is 2.74. The Morgan fingerprint density at radius 2 is 2.50 bits per heavy atom. The molecule has 1 unspecified atom stereocenters. The van der Waals surface area contributed by atoms with Gasteiger partial charge < -0.3 is 15.5 Å². The molecule has 2 rings (SSSR count). The van der Waals surface area contributed by atoms with Gasteiger partial charge in [0.15, 0.2) is 0 Å². The van der Waals surface area contributed by atoms with E-state index in [0.717, 1.165) is 19.6 Å². The van der Waals surface area contributed by atoms with Gasteiger partial charge in [-0.25, -0.2) is 0 Å². The fraction of sp³-hybridized carbons (Fsp3) is 0.556. The third kappa shape index (κ3) is 1.26. The minimum Gasteiger partial charge on any atom is -0.381 e. The van der Waals surface area contributed by atoms with Gasteiger partial charge in [-0.1, -0.05) is 0 Å². The Bertz CT molecular complexity index is 251. The summed E-state index contributed by atoms with van der Waals surface area (Å²) in [6.07, 6.45) is 5.15. The van der Waals surface area contributed by atoms with Gasteiger partial charge in [0.05, 0.1) is 6.61 Å². The average molecular weight is 166 g/mol. The number of aromatic nitrogens is 1. The van der Waals surface area contributed by atoms with Crippen LogP contribution in [0.2, 0.25) is 0 Å². The summed E-state index contributed by atoms with van der Waals surface area (Å²) < 4.78 is 5.33. The summed E-state index contributed by atoms with van der Waals surface area (Å²) in [6.45, 7) is 2.36. The van der Waals surface area contributed by atoms with Crippen molar-refractivity contribution in [2.45, 2.75) is 18.9 Å². The van der Waals surface area contributed by atoms with Crippen LogP contribution in [0.1, 0.15) is 23.5 Å². The quantitative estimate of drug-likeness (QED) is 0.688. The number of hydrogen-bond donors (Lipinski definition) is 2. The third-order valence-corrected chi connectivity index (χ3v) is 2.46. The van der Waals surface area contributed by atoms with Crippen molar-refractivity contribution >= 4 is 0 Å². The third-order valence-electron chi connectivity index (χ3n) is 2.46. The first-order valence-corrected chi connectivity index (χ1v) is 4.35. The molecule has 1 aromatic heterocycles. The van der Waals surface area contributed by atoms with Crippen molar-refractivity contribution in [2.75, 3.05) is 13.2 Å². The molecular formula is C9H14N2O. The number of H-pyrrole nitrogens is 1. The lowest BCUT2D eigenvalue weighted by molar-refractivity contribution is 0.194. The predicted octanol–water partition coefficient (Wildman–Crippen LogP) is 0.977. The molecule has 1 fully saturated rings. The van der Waals surface area contributed by atoms with Gasteiger partial charge in [-0.05, 0) is 17.5 Å². The standard InChI is InChI=1S/C9H14N2O/c10-3-8-4-11-5-9(8)7-1-2-12-6-7/h4-5,7,11H,1-3,6,10H2. The summed E-state index contributed by atoms with van der Waals surface area (Å²) in [6, 6.07) is 0. The summed E-state index contributed by atoms with van der Waals surface area (Å²) >= 11 is 0. The molecule has 0 aliphatic carbocycles. The molecule has 12 heavy (non-hydrogen) atoms. The largest absolute Gasteiger partial charge is 0.381 e. The zero-order valence-corrected chi connectivity index (χ0v) is 7.05. The van der Waals surface area contributed by atoms with E-state index in [4.69, 9.17) is 10.5 Å². The lowest BCUT2D eigenvalue weighted by atomic mass is 9.98.